The average Bonchev–Trinajstić information content (AvgIpc) is 3.56. The van der Waals surface area contributed by atoms with Gasteiger partial charge in [-0.05, 0) is 102 Å². The third kappa shape index (κ3) is 4.58. The lowest BCUT2D eigenvalue weighted by atomic mass is 9.74. The van der Waals surface area contributed by atoms with E-state index in [2.05, 4.69) is 153 Å². The second kappa shape index (κ2) is 11.2. The second-order valence-electron chi connectivity index (χ2n) is 15.2. The maximum absolute atomic E-state index is 5.38. The van der Waals surface area contributed by atoms with Gasteiger partial charge in [-0.15, -0.1) is 0 Å². The van der Waals surface area contributed by atoms with Crippen molar-refractivity contribution in [1.29, 1.82) is 0 Å². The molecule has 9 rings (SSSR count). The lowest BCUT2D eigenvalue weighted by molar-refractivity contribution is 0.394. The zero-order valence-corrected chi connectivity index (χ0v) is 28.7. The number of fused-ring (bicyclic) bond motifs is 6. The fraction of sp³-hybridized carbons (Fsp3) is 0.311. The van der Waals surface area contributed by atoms with E-state index >= 15 is 0 Å². The summed E-state index contributed by atoms with van der Waals surface area (Å²) in [6.07, 6.45) is 35.7. The highest BCUT2D eigenvalue weighted by Gasteiger charge is 2.45. The first kappa shape index (κ1) is 29.5. The number of para-hydroxylation sites is 1. The summed E-state index contributed by atoms with van der Waals surface area (Å²) in [5.74, 6) is 2.60. The van der Waals surface area contributed by atoms with Gasteiger partial charge in [0, 0.05) is 35.0 Å². The molecule has 0 amide bonds. The largest absolute Gasteiger partial charge is 0.349 e. The van der Waals surface area contributed by atoms with Crippen LogP contribution in [0.15, 0.2) is 143 Å². The van der Waals surface area contributed by atoms with Gasteiger partial charge in [-0.1, -0.05) is 106 Å². The first-order valence-corrected chi connectivity index (χ1v) is 18.0. The molecule has 0 saturated heterocycles. The highest BCUT2D eigenvalue weighted by molar-refractivity contribution is 6.11. The molecule has 5 aliphatic carbocycles. The summed E-state index contributed by atoms with van der Waals surface area (Å²) in [5, 5.41) is 2.71. The third-order valence-corrected chi connectivity index (χ3v) is 11.8. The van der Waals surface area contributed by atoms with E-state index in [9.17, 15) is 0 Å². The number of rotatable bonds is 4. The van der Waals surface area contributed by atoms with E-state index in [0.29, 0.717) is 17.8 Å². The molecule has 3 heteroatoms. The summed E-state index contributed by atoms with van der Waals surface area (Å²) >= 11 is 0. The zero-order valence-electron chi connectivity index (χ0n) is 28.7. The van der Waals surface area contributed by atoms with Crippen LogP contribution in [0.4, 0.5) is 0 Å². The summed E-state index contributed by atoms with van der Waals surface area (Å²) in [4.78, 5) is 7.75. The summed E-state index contributed by atoms with van der Waals surface area (Å²) in [5.41, 5.74) is 12.2. The van der Waals surface area contributed by atoms with Gasteiger partial charge in [-0.25, -0.2) is 4.99 Å². The summed E-state index contributed by atoms with van der Waals surface area (Å²) < 4.78 is 2.55. The van der Waals surface area contributed by atoms with E-state index < -0.39 is 0 Å². The molecule has 2 aromatic carbocycles. The monoisotopic (exact) mass is 627 g/mol. The Morgan fingerprint density at radius 3 is 2.54 bits per heavy atom. The minimum Gasteiger partial charge on any atom is -0.349 e. The fourth-order valence-corrected chi connectivity index (χ4v) is 9.11. The lowest BCUT2D eigenvalue weighted by Crippen LogP contribution is -2.40. The fourth-order valence-electron chi connectivity index (χ4n) is 9.11. The standard InChI is InChI=1S/C45H45N3/c1-29-18-20-32(21-19-29)44-46-40(28-42(47(44)4)31-12-6-5-7-13-31)30-22-24-33(25-23-30)48-41-17-11-9-15-35(41)37-26-39-36(27-43(37)48)34-14-8-10-16-38(34)45(39,2)3/h6,8-18,20-22,24,26-29,34,38,42H,5,7,19,23,25H2,1-4H3. The Labute approximate surface area is 285 Å². The number of aliphatic imine (C=N–C) groups is 1. The van der Waals surface area contributed by atoms with E-state index in [1.807, 2.05) is 0 Å². The van der Waals surface area contributed by atoms with E-state index in [0.717, 1.165) is 43.6 Å². The Balaban J connectivity index is 1.15. The van der Waals surface area contributed by atoms with Gasteiger partial charge in [-0.3, -0.25) is 0 Å². The SMILES string of the molecule is CC1C=CC(C2=NC(C3=CC=C(n4c5ccccc5c5cc6c(cc54)C4C=CC=CC4C6(C)C)CC3)=CC(C3=CCCC=C3)N2C)=CC1. The molecule has 1 aliphatic heterocycles. The van der Waals surface area contributed by atoms with Crippen LogP contribution in [0.2, 0.25) is 0 Å². The normalized spacial score (nSPS) is 27.3. The van der Waals surface area contributed by atoms with Crippen LogP contribution in [0.1, 0.15) is 69.9 Å². The Hall–Kier alpha value is -4.63. The molecule has 3 aromatic rings. The number of benzene rings is 2. The molecule has 4 unspecified atom stereocenters. The predicted molar refractivity (Wildman–Crippen MR) is 203 cm³/mol. The van der Waals surface area contributed by atoms with Crippen molar-refractivity contribution >= 4 is 33.3 Å². The van der Waals surface area contributed by atoms with Crippen molar-refractivity contribution in [2.45, 2.75) is 70.3 Å². The number of aromatic nitrogens is 1. The number of likely N-dealkylation sites (N-methyl/N-ethyl adjacent to an activating group) is 1. The van der Waals surface area contributed by atoms with Crippen molar-refractivity contribution < 1.29 is 0 Å². The maximum Gasteiger partial charge on any atom is 0.136 e. The van der Waals surface area contributed by atoms with Crippen molar-refractivity contribution in [1.82, 2.24) is 9.47 Å². The van der Waals surface area contributed by atoms with E-state index in [1.54, 1.807) is 0 Å². The van der Waals surface area contributed by atoms with Crippen LogP contribution in [0.3, 0.4) is 0 Å². The minimum atomic E-state index is 0.102. The van der Waals surface area contributed by atoms with Gasteiger partial charge in [-0.2, -0.15) is 0 Å². The summed E-state index contributed by atoms with van der Waals surface area (Å²) in [6, 6.07) is 14.2. The molecule has 4 atom stereocenters. The Bertz CT molecular complexity index is 2180. The summed E-state index contributed by atoms with van der Waals surface area (Å²) in [7, 11) is 2.21. The lowest BCUT2D eigenvalue weighted by Gasteiger charge is -2.36. The molecule has 1 aromatic heterocycles. The van der Waals surface area contributed by atoms with Crippen LogP contribution >= 0.6 is 0 Å². The molecule has 0 spiro atoms. The van der Waals surface area contributed by atoms with Crippen molar-refractivity contribution in [2.24, 2.45) is 16.8 Å². The van der Waals surface area contributed by atoms with Gasteiger partial charge in [0.05, 0.1) is 22.8 Å². The number of amidine groups is 1. The molecule has 240 valence electrons. The molecule has 0 N–H and O–H groups in total. The zero-order chi connectivity index (χ0) is 32.6. The van der Waals surface area contributed by atoms with Gasteiger partial charge >= 0.3 is 0 Å². The minimum absolute atomic E-state index is 0.102. The highest BCUT2D eigenvalue weighted by Crippen LogP contribution is 2.54. The Morgan fingerprint density at radius 2 is 1.75 bits per heavy atom. The van der Waals surface area contributed by atoms with Crippen LogP contribution in [0.25, 0.3) is 27.5 Å². The third-order valence-electron chi connectivity index (χ3n) is 11.8. The van der Waals surface area contributed by atoms with Crippen LogP contribution in [-0.2, 0) is 5.41 Å². The molecule has 0 bridgehead atoms. The Morgan fingerprint density at radius 1 is 0.875 bits per heavy atom. The highest BCUT2D eigenvalue weighted by atomic mass is 15.2. The Kier molecular flexibility index (Phi) is 6.90. The van der Waals surface area contributed by atoms with Crippen molar-refractivity contribution in [3.8, 4) is 0 Å². The molecule has 0 fully saturated rings. The summed E-state index contributed by atoms with van der Waals surface area (Å²) in [6.45, 7) is 7.14. The van der Waals surface area contributed by atoms with Crippen LogP contribution < -0.4 is 0 Å². The molecule has 3 nitrogen and oxygen atoms in total. The maximum atomic E-state index is 5.38. The van der Waals surface area contributed by atoms with Gasteiger partial charge in [0.1, 0.15) is 5.84 Å². The quantitative estimate of drug-likeness (QED) is 0.282. The molecule has 2 heterocycles. The molecule has 6 aliphatic rings. The number of hydrogen-bond acceptors (Lipinski definition) is 2. The molecule has 48 heavy (non-hydrogen) atoms. The van der Waals surface area contributed by atoms with E-state index in [1.165, 1.54) is 55.3 Å². The first-order chi connectivity index (χ1) is 23.4. The smallest absolute Gasteiger partial charge is 0.136 e. The topological polar surface area (TPSA) is 20.5 Å². The van der Waals surface area contributed by atoms with Crippen LogP contribution in [0.5, 0.6) is 0 Å². The van der Waals surface area contributed by atoms with Crippen molar-refractivity contribution in [3.63, 3.8) is 0 Å². The molecular weight excluding hydrogens is 583 g/mol. The van der Waals surface area contributed by atoms with Gasteiger partial charge < -0.3 is 9.47 Å². The second-order valence-corrected chi connectivity index (χ2v) is 15.2. The molecule has 0 radical (unpaired) electrons. The van der Waals surface area contributed by atoms with Crippen LogP contribution in [0, 0.1) is 11.8 Å². The van der Waals surface area contributed by atoms with Crippen LogP contribution in [-0.4, -0.2) is 28.4 Å². The number of allylic oxidation sites excluding steroid dienone is 12. The average molecular weight is 628 g/mol. The first-order valence-electron chi connectivity index (χ1n) is 18.0. The van der Waals surface area contributed by atoms with Gasteiger partial charge in [0.2, 0.25) is 0 Å². The molecular formula is C45H45N3. The number of hydrogen-bond donors (Lipinski definition) is 0. The molecule has 0 saturated carbocycles. The number of nitrogens with zero attached hydrogens (tertiary/aromatic N) is 3. The van der Waals surface area contributed by atoms with E-state index in [4.69, 9.17) is 4.99 Å². The van der Waals surface area contributed by atoms with Crippen molar-refractivity contribution in [3.05, 3.63) is 149 Å². The van der Waals surface area contributed by atoms with E-state index in [-0.39, 0.29) is 11.5 Å². The predicted octanol–water partition coefficient (Wildman–Crippen LogP) is 10.9. The van der Waals surface area contributed by atoms with Gasteiger partial charge in [0.15, 0.2) is 0 Å². The van der Waals surface area contributed by atoms with Crippen molar-refractivity contribution in [2.75, 3.05) is 7.05 Å². The van der Waals surface area contributed by atoms with Gasteiger partial charge in [0.25, 0.3) is 0 Å².